The van der Waals surface area contributed by atoms with E-state index in [0.717, 1.165) is 37.3 Å². The SMILES string of the molecule is CC(C)=CCC/C(C)=C/CC/C(C)=C/CN1C(=O)c2cccc(O)c2Nc2c(OP(=O)([O-])[O-])cc(O)cc21. The van der Waals surface area contributed by atoms with Gasteiger partial charge < -0.3 is 39.3 Å². The van der Waals surface area contributed by atoms with E-state index >= 15 is 0 Å². The van der Waals surface area contributed by atoms with Crippen LogP contribution in [0.25, 0.3) is 0 Å². The van der Waals surface area contributed by atoms with Crippen molar-refractivity contribution in [1.82, 2.24) is 0 Å². The van der Waals surface area contributed by atoms with Crippen molar-refractivity contribution in [2.24, 2.45) is 0 Å². The normalized spacial score (nSPS) is 13.8. The average molecular weight is 541 g/mol. The van der Waals surface area contributed by atoms with Gasteiger partial charge in [-0.1, -0.05) is 41.0 Å². The third kappa shape index (κ3) is 7.74. The number of amides is 1. The Labute approximate surface area is 223 Å². The minimum absolute atomic E-state index is 0.0258. The monoisotopic (exact) mass is 540 g/mol. The highest BCUT2D eigenvalue weighted by Gasteiger charge is 2.30. The van der Waals surface area contributed by atoms with E-state index in [1.54, 1.807) is 0 Å². The summed E-state index contributed by atoms with van der Waals surface area (Å²) < 4.78 is 16.0. The first-order valence-electron chi connectivity index (χ1n) is 12.3. The number of phenols is 2. The minimum atomic E-state index is -5.50. The lowest BCUT2D eigenvalue weighted by molar-refractivity contribution is -0.333. The van der Waals surface area contributed by atoms with Crippen molar-refractivity contribution in [3.63, 3.8) is 0 Å². The van der Waals surface area contributed by atoms with Crippen LogP contribution in [0.5, 0.6) is 17.2 Å². The van der Waals surface area contributed by atoms with Crippen LogP contribution in [-0.2, 0) is 4.57 Å². The van der Waals surface area contributed by atoms with Gasteiger partial charge in [0.1, 0.15) is 25.0 Å². The number of aromatic hydroxyl groups is 2. The van der Waals surface area contributed by atoms with Gasteiger partial charge >= 0.3 is 0 Å². The van der Waals surface area contributed by atoms with E-state index < -0.39 is 25.2 Å². The third-order valence-electron chi connectivity index (χ3n) is 6.08. The van der Waals surface area contributed by atoms with Crippen molar-refractivity contribution in [2.45, 2.75) is 53.4 Å². The van der Waals surface area contributed by atoms with Crippen LogP contribution >= 0.6 is 7.82 Å². The van der Waals surface area contributed by atoms with Crippen molar-refractivity contribution in [1.29, 1.82) is 0 Å². The van der Waals surface area contributed by atoms with Crippen LogP contribution < -0.4 is 24.5 Å². The van der Waals surface area contributed by atoms with Gasteiger partial charge in [-0.15, -0.1) is 0 Å². The molecule has 2 aromatic carbocycles. The molecule has 10 heteroatoms. The summed E-state index contributed by atoms with van der Waals surface area (Å²) in [7, 11) is -5.50. The molecule has 0 radical (unpaired) electrons. The Morgan fingerprint density at radius 3 is 2.32 bits per heavy atom. The molecule has 38 heavy (non-hydrogen) atoms. The lowest BCUT2D eigenvalue weighted by atomic mass is 10.1. The van der Waals surface area contributed by atoms with Crippen LogP contribution in [-0.4, -0.2) is 22.7 Å². The van der Waals surface area contributed by atoms with Crippen LogP contribution in [0.3, 0.4) is 0 Å². The number of nitrogens with one attached hydrogen (secondary N) is 1. The van der Waals surface area contributed by atoms with Gasteiger partial charge in [0.25, 0.3) is 5.91 Å². The molecule has 0 aliphatic carbocycles. The van der Waals surface area contributed by atoms with Crippen molar-refractivity contribution >= 4 is 30.8 Å². The highest BCUT2D eigenvalue weighted by Crippen LogP contribution is 2.48. The number of benzene rings is 2. The van der Waals surface area contributed by atoms with E-state index in [2.05, 4.69) is 42.8 Å². The summed E-state index contributed by atoms with van der Waals surface area (Å²) in [5, 5.41) is 23.5. The van der Waals surface area contributed by atoms with Crippen LogP contribution in [0, 0.1) is 0 Å². The van der Waals surface area contributed by atoms with E-state index in [4.69, 9.17) is 0 Å². The fraction of sp³-hybridized carbons (Fsp3) is 0.321. The number of nitrogens with zero attached hydrogens (tertiary/aromatic N) is 1. The molecule has 2 aromatic rings. The number of carbonyl (C=O) groups excluding carboxylic acids is 1. The van der Waals surface area contributed by atoms with E-state index in [0.29, 0.717) is 0 Å². The summed E-state index contributed by atoms with van der Waals surface area (Å²) >= 11 is 0. The van der Waals surface area contributed by atoms with Gasteiger partial charge in [-0.25, -0.2) is 0 Å². The van der Waals surface area contributed by atoms with Crippen LogP contribution in [0.2, 0.25) is 0 Å². The van der Waals surface area contributed by atoms with E-state index in [9.17, 15) is 29.4 Å². The fourth-order valence-corrected chi connectivity index (χ4v) is 4.50. The number of anilines is 3. The summed E-state index contributed by atoms with van der Waals surface area (Å²) in [6, 6.07) is 6.59. The van der Waals surface area contributed by atoms with Gasteiger partial charge in [0.15, 0.2) is 5.75 Å². The first kappa shape index (κ1) is 29.0. The Hall–Kier alpha value is -3.52. The number of phenolic OH excluding ortho intramolecular Hbond substituents is 2. The maximum Gasteiger partial charge on any atom is 0.260 e. The first-order valence-corrected chi connectivity index (χ1v) is 13.8. The van der Waals surface area contributed by atoms with Gasteiger partial charge in [-0.3, -0.25) is 4.79 Å². The van der Waals surface area contributed by atoms with Gasteiger partial charge in [0.05, 0.1) is 16.9 Å². The molecule has 1 amide bonds. The number of carbonyl (C=O) groups is 1. The standard InChI is InChI=1S/C28H35N2O7P/c1-18(2)8-5-9-19(3)10-6-11-20(4)14-15-30-23-16-21(31)17-25(37-38(34,35)36)27(23)29-26-22(28(30)33)12-7-13-24(26)32/h7-8,10,12-14,16-17,29,31-32H,5-6,9,11,15H2,1-4H3,(H2,34,35,36)/p-2/b19-10+,20-14+. The molecule has 0 spiro atoms. The zero-order valence-corrected chi connectivity index (χ0v) is 22.9. The summed E-state index contributed by atoms with van der Waals surface area (Å²) in [5.41, 5.74) is 3.83. The predicted molar refractivity (Wildman–Crippen MR) is 145 cm³/mol. The molecule has 1 heterocycles. The summed E-state index contributed by atoms with van der Waals surface area (Å²) in [5.74, 6) is -1.65. The molecular weight excluding hydrogens is 507 g/mol. The van der Waals surface area contributed by atoms with E-state index in [1.165, 1.54) is 40.3 Å². The summed E-state index contributed by atoms with van der Waals surface area (Å²) in [4.78, 5) is 37.7. The van der Waals surface area contributed by atoms with Crippen LogP contribution in [0.15, 0.2) is 65.3 Å². The molecule has 9 nitrogen and oxygen atoms in total. The molecule has 3 rings (SSSR count). The molecule has 0 fully saturated rings. The third-order valence-corrected chi connectivity index (χ3v) is 6.50. The topological polar surface area (TPSA) is 145 Å². The predicted octanol–water partition coefficient (Wildman–Crippen LogP) is 5.43. The number of allylic oxidation sites excluding steroid dienone is 5. The molecule has 0 aromatic heterocycles. The summed E-state index contributed by atoms with van der Waals surface area (Å²) in [6.45, 7) is 8.32. The molecule has 3 N–H and O–H groups in total. The molecule has 0 saturated heterocycles. The quantitative estimate of drug-likeness (QED) is 0.157. The Morgan fingerprint density at radius 2 is 1.66 bits per heavy atom. The first-order chi connectivity index (χ1) is 17.9. The maximum atomic E-state index is 13.6. The Balaban J connectivity index is 1.90. The van der Waals surface area contributed by atoms with Crippen LogP contribution in [0.1, 0.15) is 63.7 Å². The molecule has 0 atom stereocenters. The van der Waals surface area contributed by atoms with Gasteiger partial charge in [0.2, 0.25) is 0 Å². The fourth-order valence-electron chi connectivity index (χ4n) is 4.11. The molecule has 1 aliphatic rings. The minimum Gasteiger partial charge on any atom is -0.780 e. The zero-order chi connectivity index (χ0) is 28.0. The number of rotatable bonds is 10. The average Bonchev–Trinajstić information content (AvgIpc) is 2.92. The molecule has 1 aliphatic heterocycles. The molecule has 0 unspecified atom stereocenters. The number of para-hydroxylation sites is 1. The molecule has 0 saturated carbocycles. The van der Waals surface area contributed by atoms with Gasteiger partial charge in [0, 0.05) is 18.7 Å². The highest BCUT2D eigenvalue weighted by molar-refractivity contribution is 7.43. The Bertz CT molecular complexity index is 1340. The van der Waals surface area contributed by atoms with Crippen LogP contribution in [0.4, 0.5) is 17.1 Å². The number of hydrogen-bond acceptors (Lipinski definition) is 8. The number of phosphoric acid groups is 1. The molecule has 0 bridgehead atoms. The molecular formula is C28H33N2O7P-2. The van der Waals surface area contributed by atoms with Crippen molar-refractivity contribution in [3.8, 4) is 17.2 Å². The number of phosphoric ester groups is 1. The highest BCUT2D eigenvalue weighted by atomic mass is 31.2. The maximum absolute atomic E-state index is 13.6. The lowest BCUT2D eigenvalue weighted by Crippen LogP contribution is -2.30. The second-order valence-electron chi connectivity index (χ2n) is 9.58. The van der Waals surface area contributed by atoms with Crippen molar-refractivity contribution < 1.29 is 33.9 Å². The Morgan fingerprint density at radius 1 is 1.00 bits per heavy atom. The zero-order valence-electron chi connectivity index (χ0n) is 22.0. The second kappa shape index (κ2) is 12.3. The smallest absolute Gasteiger partial charge is 0.260 e. The molecule has 204 valence electrons. The summed E-state index contributed by atoms with van der Waals surface area (Å²) in [6.07, 6.45) is 9.91. The van der Waals surface area contributed by atoms with E-state index in [-0.39, 0.29) is 34.9 Å². The number of fused-ring (bicyclic) bond motifs is 2. The van der Waals surface area contributed by atoms with Crippen molar-refractivity contribution in [2.75, 3.05) is 16.8 Å². The lowest BCUT2D eigenvalue weighted by Gasteiger charge is -2.31. The second-order valence-corrected chi connectivity index (χ2v) is 10.7. The van der Waals surface area contributed by atoms with E-state index in [1.807, 2.05) is 13.0 Å². The number of hydrogen-bond donors (Lipinski definition) is 3. The van der Waals surface area contributed by atoms with Gasteiger partial charge in [-0.05, 0) is 65.5 Å². The van der Waals surface area contributed by atoms with Gasteiger partial charge in [-0.2, -0.15) is 0 Å². The van der Waals surface area contributed by atoms with Crippen molar-refractivity contribution in [3.05, 3.63) is 70.8 Å². The Kier molecular flexibility index (Phi) is 9.44. The largest absolute Gasteiger partial charge is 0.780 e.